The molecule has 0 bridgehead atoms. The van der Waals surface area contributed by atoms with Crippen LogP contribution in [0.1, 0.15) is 51.9 Å². The van der Waals surface area contributed by atoms with Crippen molar-refractivity contribution in [2.45, 2.75) is 68.7 Å². The molecule has 5 heteroatoms. The van der Waals surface area contributed by atoms with Crippen molar-refractivity contribution >= 4 is 9.84 Å². The molecule has 0 amide bonds. The van der Waals surface area contributed by atoms with Crippen molar-refractivity contribution in [3.63, 3.8) is 0 Å². The van der Waals surface area contributed by atoms with E-state index in [1.54, 1.807) is 0 Å². The van der Waals surface area contributed by atoms with E-state index >= 15 is 0 Å². The SMILES string of the molecule is CCC1CNC2(CCCC2)CN1CC1CCCS1(=O)=O. The summed E-state index contributed by atoms with van der Waals surface area (Å²) in [7, 11) is -2.82. The average molecular weight is 300 g/mol. The zero-order valence-electron chi connectivity index (χ0n) is 12.6. The topological polar surface area (TPSA) is 49.4 Å². The molecule has 20 heavy (non-hydrogen) atoms. The molecule has 0 aromatic carbocycles. The van der Waals surface area contributed by atoms with E-state index < -0.39 is 9.84 Å². The number of nitrogens with one attached hydrogen (secondary N) is 1. The van der Waals surface area contributed by atoms with Gasteiger partial charge in [0.1, 0.15) is 0 Å². The molecule has 4 nitrogen and oxygen atoms in total. The summed E-state index contributed by atoms with van der Waals surface area (Å²) in [6.45, 7) is 5.07. The molecule has 3 aliphatic rings. The summed E-state index contributed by atoms with van der Waals surface area (Å²) in [4.78, 5) is 2.50. The van der Waals surface area contributed by atoms with Crippen LogP contribution in [0.25, 0.3) is 0 Å². The van der Waals surface area contributed by atoms with E-state index in [9.17, 15) is 8.42 Å². The summed E-state index contributed by atoms with van der Waals surface area (Å²) < 4.78 is 24.2. The largest absolute Gasteiger partial charge is 0.308 e. The fraction of sp³-hybridized carbons (Fsp3) is 1.00. The first-order valence-electron chi connectivity index (χ1n) is 8.25. The fourth-order valence-electron chi connectivity index (χ4n) is 4.36. The van der Waals surface area contributed by atoms with Crippen molar-refractivity contribution in [2.75, 3.05) is 25.4 Å². The number of nitrogens with zero attached hydrogens (tertiary/aromatic N) is 1. The normalized spacial score (nSPS) is 36.6. The van der Waals surface area contributed by atoms with Crippen molar-refractivity contribution in [2.24, 2.45) is 0 Å². The minimum Gasteiger partial charge on any atom is -0.308 e. The average Bonchev–Trinajstić information content (AvgIpc) is 2.98. The fourth-order valence-corrected chi connectivity index (χ4v) is 6.21. The molecule has 1 spiro atoms. The highest BCUT2D eigenvalue weighted by atomic mass is 32.2. The first-order valence-corrected chi connectivity index (χ1v) is 9.97. The second kappa shape index (κ2) is 5.58. The molecule has 0 aromatic heterocycles. The third-order valence-corrected chi connectivity index (χ3v) is 7.93. The van der Waals surface area contributed by atoms with Gasteiger partial charge in [-0.3, -0.25) is 4.90 Å². The minimum absolute atomic E-state index is 0.104. The van der Waals surface area contributed by atoms with Crippen LogP contribution in [-0.2, 0) is 9.84 Å². The van der Waals surface area contributed by atoms with Crippen LogP contribution in [0.5, 0.6) is 0 Å². The predicted octanol–water partition coefficient (Wildman–Crippen LogP) is 1.56. The van der Waals surface area contributed by atoms with Gasteiger partial charge in [0, 0.05) is 31.2 Å². The maximum atomic E-state index is 12.1. The molecule has 2 saturated heterocycles. The summed E-state index contributed by atoms with van der Waals surface area (Å²) in [5.74, 6) is 0.408. The molecule has 2 unspecified atom stereocenters. The van der Waals surface area contributed by atoms with Gasteiger partial charge >= 0.3 is 0 Å². The van der Waals surface area contributed by atoms with Crippen molar-refractivity contribution < 1.29 is 8.42 Å². The van der Waals surface area contributed by atoms with Crippen LogP contribution >= 0.6 is 0 Å². The van der Waals surface area contributed by atoms with Crippen molar-refractivity contribution in [1.82, 2.24) is 10.2 Å². The quantitative estimate of drug-likeness (QED) is 0.859. The van der Waals surface area contributed by atoms with Crippen LogP contribution in [-0.4, -0.2) is 55.5 Å². The highest BCUT2D eigenvalue weighted by Crippen LogP contribution is 2.34. The molecule has 2 atom stereocenters. The molecular weight excluding hydrogens is 272 g/mol. The van der Waals surface area contributed by atoms with Gasteiger partial charge in [-0.1, -0.05) is 19.8 Å². The molecule has 1 saturated carbocycles. The Labute approximate surface area is 123 Å². The first kappa shape index (κ1) is 14.8. The number of piperazine rings is 1. The summed E-state index contributed by atoms with van der Waals surface area (Å²) in [6.07, 6.45) is 8.00. The van der Waals surface area contributed by atoms with Crippen LogP contribution in [0.15, 0.2) is 0 Å². The lowest BCUT2D eigenvalue weighted by Gasteiger charge is -2.47. The molecule has 2 heterocycles. The third kappa shape index (κ3) is 2.77. The third-order valence-electron chi connectivity index (χ3n) is 5.67. The Hall–Kier alpha value is -0.130. The Bertz CT molecular complexity index is 443. The standard InChI is InChI=1S/C15H28N2O2S/c1-2-13-10-16-15(7-3-4-8-15)12-17(13)11-14-6-5-9-20(14,18)19/h13-14,16H,2-12H2,1H3. The van der Waals surface area contributed by atoms with Crippen LogP contribution in [0.2, 0.25) is 0 Å². The maximum Gasteiger partial charge on any atom is 0.154 e. The van der Waals surface area contributed by atoms with Gasteiger partial charge in [0.2, 0.25) is 0 Å². The maximum absolute atomic E-state index is 12.1. The number of hydrogen-bond donors (Lipinski definition) is 1. The van der Waals surface area contributed by atoms with E-state index in [1.807, 2.05) is 0 Å². The summed E-state index contributed by atoms with van der Waals surface area (Å²) in [5.41, 5.74) is 0.286. The lowest BCUT2D eigenvalue weighted by Crippen LogP contribution is -2.64. The molecule has 0 radical (unpaired) electrons. The Kier molecular flexibility index (Phi) is 4.13. The highest BCUT2D eigenvalue weighted by molar-refractivity contribution is 7.92. The van der Waals surface area contributed by atoms with Gasteiger partial charge < -0.3 is 5.32 Å². The molecule has 3 fully saturated rings. The van der Waals surface area contributed by atoms with Gasteiger partial charge in [-0.2, -0.15) is 0 Å². The predicted molar refractivity (Wildman–Crippen MR) is 81.7 cm³/mol. The Morgan fingerprint density at radius 2 is 2.00 bits per heavy atom. The molecule has 1 aliphatic carbocycles. The zero-order chi connectivity index (χ0) is 14.2. The summed E-state index contributed by atoms with van der Waals surface area (Å²) in [5, 5.41) is 3.68. The molecule has 116 valence electrons. The molecule has 2 aliphatic heterocycles. The Balaban J connectivity index is 1.71. The second-order valence-electron chi connectivity index (χ2n) is 6.99. The first-order chi connectivity index (χ1) is 9.55. The van der Waals surface area contributed by atoms with Crippen molar-refractivity contribution in [1.29, 1.82) is 0 Å². The van der Waals surface area contributed by atoms with Crippen molar-refractivity contribution in [3.05, 3.63) is 0 Å². The van der Waals surface area contributed by atoms with Gasteiger partial charge in [0.25, 0.3) is 0 Å². The van der Waals surface area contributed by atoms with E-state index in [-0.39, 0.29) is 10.8 Å². The lowest BCUT2D eigenvalue weighted by atomic mass is 9.91. The molecule has 0 aromatic rings. The number of rotatable bonds is 3. The zero-order valence-corrected chi connectivity index (χ0v) is 13.4. The Morgan fingerprint density at radius 1 is 1.25 bits per heavy atom. The molecular formula is C15H28N2O2S. The van der Waals surface area contributed by atoms with Crippen LogP contribution in [0.4, 0.5) is 0 Å². The van der Waals surface area contributed by atoms with Gasteiger partial charge in [-0.15, -0.1) is 0 Å². The van der Waals surface area contributed by atoms with Gasteiger partial charge in [0.15, 0.2) is 9.84 Å². The number of hydrogen-bond acceptors (Lipinski definition) is 4. The summed E-state index contributed by atoms with van der Waals surface area (Å²) >= 11 is 0. The van der Waals surface area contributed by atoms with Gasteiger partial charge in [-0.25, -0.2) is 8.42 Å². The lowest BCUT2D eigenvalue weighted by molar-refractivity contribution is 0.0780. The van der Waals surface area contributed by atoms with E-state index in [2.05, 4.69) is 17.1 Å². The number of sulfone groups is 1. The van der Waals surface area contributed by atoms with Gasteiger partial charge in [0.05, 0.1) is 11.0 Å². The monoisotopic (exact) mass is 300 g/mol. The Morgan fingerprint density at radius 3 is 2.60 bits per heavy atom. The second-order valence-corrected chi connectivity index (χ2v) is 9.39. The van der Waals surface area contributed by atoms with E-state index in [0.29, 0.717) is 11.8 Å². The summed E-state index contributed by atoms with van der Waals surface area (Å²) in [6, 6.07) is 0.511. The highest BCUT2D eigenvalue weighted by Gasteiger charge is 2.42. The van der Waals surface area contributed by atoms with E-state index in [4.69, 9.17) is 0 Å². The van der Waals surface area contributed by atoms with Gasteiger partial charge in [-0.05, 0) is 32.1 Å². The van der Waals surface area contributed by atoms with Crippen molar-refractivity contribution in [3.8, 4) is 0 Å². The van der Waals surface area contributed by atoms with Crippen LogP contribution < -0.4 is 5.32 Å². The van der Waals surface area contributed by atoms with Crippen LogP contribution in [0, 0.1) is 0 Å². The van der Waals surface area contributed by atoms with Crippen LogP contribution in [0.3, 0.4) is 0 Å². The molecule has 1 N–H and O–H groups in total. The minimum atomic E-state index is -2.82. The van der Waals surface area contributed by atoms with E-state index in [1.165, 1.54) is 25.7 Å². The van der Waals surface area contributed by atoms with E-state index in [0.717, 1.165) is 38.9 Å². The smallest absolute Gasteiger partial charge is 0.154 e. The molecule has 3 rings (SSSR count).